The van der Waals surface area contributed by atoms with Gasteiger partial charge in [0.15, 0.2) is 12.2 Å². The van der Waals surface area contributed by atoms with Gasteiger partial charge < -0.3 is 24.8 Å². The van der Waals surface area contributed by atoms with Crippen LogP contribution in [0.25, 0.3) is 0 Å². The summed E-state index contributed by atoms with van der Waals surface area (Å²) in [6, 6.07) is 0. The third-order valence-corrected chi connectivity index (χ3v) is 1.92. The quantitative estimate of drug-likeness (QED) is 0.488. The van der Waals surface area contributed by atoms with E-state index in [1.807, 2.05) is 0 Å². The second kappa shape index (κ2) is 7.62. The molecule has 8 heteroatoms. The van der Waals surface area contributed by atoms with Gasteiger partial charge in [-0.2, -0.15) is 0 Å². The summed E-state index contributed by atoms with van der Waals surface area (Å²) in [5, 5.41) is 26.3. The molecule has 0 fully saturated rings. The summed E-state index contributed by atoms with van der Waals surface area (Å²) in [5.41, 5.74) is 0. The Hall–Kier alpha value is -1.67. The van der Waals surface area contributed by atoms with Crippen molar-refractivity contribution in [3.05, 3.63) is 0 Å². The van der Waals surface area contributed by atoms with Crippen molar-refractivity contribution in [3.63, 3.8) is 0 Å². The first-order valence-electron chi connectivity index (χ1n) is 5.24. The number of rotatable bonds is 8. The van der Waals surface area contributed by atoms with Crippen molar-refractivity contribution >= 4 is 17.9 Å². The molecule has 0 aromatic carbocycles. The molecule has 8 nitrogen and oxygen atoms in total. The van der Waals surface area contributed by atoms with E-state index in [0.29, 0.717) is 0 Å². The smallest absolute Gasteiger partial charge is 0.336 e. The largest absolute Gasteiger partial charge is 0.479 e. The van der Waals surface area contributed by atoms with Crippen LogP contribution in [0, 0.1) is 0 Å². The highest BCUT2D eigenvalue weighted by Gasteiger charge is 2.34. The zero-order chi connectivity index (χ0) is 14.3. The molecule has 0 aromatic rings. The molecule has 18 heavy (non-hydrogen) atoms. The Kier molecular flexibility index (Phi) is 6.91. The Morgan fingerprint density at radius 3 is 2.11 bits per heavy atom. The second-order valence-electron chi connectivity index (χ2n) is 3.50. The molecule has 0 saturated carbocycles. The standard InChI is InChI=1S/C10H16O8/c1-3-17-6(11)4-5(2)18-8(10(15)16)7(12)9(13)14/h5,7-8,12H,3-4H2,1-2H3,(H,13,14)(H,15,16). The molecule has 0 bridgehead atoms. The van der Waals surface area contributed by atoms with E-state index in [4.69, 9.17) is 20.1 Å². The lowest BCUT2D eigenvalue weighted by atomic mass is 10.2. The first-order valence-corrected chi connectivity index (χ1v) is 5.24. The number of carbonyl (C=O) groups is 3. The highest BCUT2D eigenvalue weighted by Crippen LogP contribution is 2.08. The van der Waals surface area contributed by atoms with Crippen LogP contribution in [0.5, 0.6) is 0 Å². The molecule has 0 aliphatic carbocycles. The summed E-state index contributed by atoms with van der Waals surface area (Å²) in [7, 11) is 0. The minimum Gasteiger partial charge on any atom is -0.479 e. The molecule has 104 valence electrons. The number of carbonyl (C=O) groups excluding carboxylic acids is 1. The summed E-state index contributed by atoms with van der Waals surface area (Å²) in [4.78, 5) is 32.3. The van der Waals surface area contributed by atoms with E-state index in [2.05, 4.69) is 4.74 Å². The number of aliphatic carboxylic acids is 2. The van der Waals surface area contributed by atoms with E-state index < -0.39 is 36.2 Å². The minimum atomic E-state index is -2.20. The lowest BCUT2D eigenvalue weighted by Gasteiger charge is -2.20. The molecule has 0 saturated heterocycles. The van der Waals surface area contributed by atoms with Gasteiger partial charge in [0.1, 0.15) is 0 Å². The van der Waals surface area contributed by atoms with Crippen molar-refractivity contribution in [2.24, 2.45) is 0 Å². The zero-order valence-corrected chi connectivity index (χ0v) is 10.0. The van der Waals surface area contributed by atoms with Crippen LogP contribution >= 0.6 is 0 Å². The number of aliphatic hydroxyl groups excluding tert-OH is 1. The predicted octanol–water partition coefficient (Wildman–Crippen LogP) is -0.757. The lowest BCUT2D eigenvalue weighted by molar-refractivity contribution is -0.177. The van der Waals surface area contributed by atoms with Crippen molar-refractivity contribution in [2.45, 2.75) is 38.6 Å². The number of hydrogen-bond donors (Lipinski definition) is 3. The monoisotopic (exact) mass is 264 g/mol. The molecule has 0 amide bonds. The van der Waals surface area contributed by atoms with Gasteiger partial charge in [0.2, 0.25) is 0 Å². The Balaban J connectivity index is 4.46. The number of hydrogen-bond acceptors (Lipinski definition) is 6. The van der Waals surface area contributed by atoms with E-state index in [-0.39, 0.29) is 13.0 Å². The Morgan fingerprint density at radius 1 is 1.17 bits per heavy atom. The van der Waals surface area contributed by atoms with Gasteiger partial charge in [0.25, 0.3) is 0 Å². The van der Waals surface area contributed by atoms with Crippen LogP contribution in [0.3, 0.4) is 0 Å². The SMILES string of the molecule is CCOC(=O)CC(C)OC(C(=O)O)C(O)C(=O)O. The fourth-order valence-electron chi connectivity index (χ4n) is 1.15. The van der Waals surface area contributed by atoms with Crippen LogP contribution in [0.4, 0.5) is 0 Å². The fraction of sp³-hybridized carbons (Fsp3) is 0.700. The Labute approximate surface area is 103 Å². The number of carboxylic acid groups (broad SMARTS) is 2. The molecule has 0 aliphatic rings. The van der Waals surface area contributed by atoms with Gasteiger partial charge in [-0.1, -0.05) is 0 Å². The average Bonchev–Trinajstić information content (AvgIpc) is 2.24. The topological polar surface area (TPSA) is 130 Å². The van der Waals surface area contributed by atoms with Crippen LogP contribution in [0.15, 0.2) is 0 Å². The molecule has 3 unspecified atom stereocenters. The van der Waals surface area contributed by atoms with Gasteiger partial charge in [0, 0.05) is 0 Å². The van der Waals surface area contributed by atoms with Gasteiger partial charge >= 0.3 is 17.9 Å². The van der Waals surface area contributed by atoms with Crippen molar-refractivity contribution in [1.82, 2.24) is 0 Å². The van der Waals surface area contributed by atoms with E-state index in [9.17, 15) is 14.4 Å². The van der Waals surface area contributed by atoms with Gasteiger partial charge in [0.05, 0.1) is 19.1 Å². The van der Waals surface area contributed by atoms with E-state index in [1.54, 1.807) is 6.92 Å². The summed E-state index contributed by atoms with van der Waals surface area (Å²) in [5.74, 6) is -3.94. The van der Waals surface area contributed by atoms with Crippen LogP contribution in [-0.2, 0) is 23.9 Å². The molecular weight excluding hydrogens is 248 g/mol. The van der Waals surface area contributed by atoms with Crippen LogP contribution in [0.1, 0.15) is 20.3 Å². The number of esters is 1. The summed E-state index contributed by atoms with van der Waals surface area (Å²) >= 11 is 0. The number of carboxylic acids is 2. The molecular formula is C10H16O8. The molecule has 0 aromatic heterocycles. The highest BCUT2D eigenvalue weighted by atomic mass is 16.6. The predicted molar refractivity (Wildman–Crippen MR) is 56.9 cm³/mol. The Morgan fingerprint density at radius 2 is 1.72 bits per heavy atom. The zero-order valence-electron chi connectivity index (χ0n) is 10.0. The number of ether oxygens (including phenoxy) is 2. The van der Waals surface area contributed by atoms with Gasteiger partial charge in [-0.05, 0) is 13.8 Å². The third kappa shape index (κ3) is 5.60. The molecule has 0 aliphatic heterocycles. The van der Waals surface area contributed by atoms with Gasteiger partial charge in [-0.3, -0.25) is 4.79 Å². The first-order chi connectivity index (χ1) is 8.29. The van der Waals surface area contributed by atoms with Gasteiger partial charge in [-0.25, -0.2) is 9.59 Å². The number of aliphatic hydroxyl groups is 1. The van der Waals surface area contributed by atoms with E-state index >= 15 is 0 Å². The molecule has 0 radical (unpaired) electrons. The molecule has 3 atom stereocenters. The molecule has 3 N–H and O–H groups in total. The lowest BCUT2D eigenvalue weighted by Crippen LogP contribution is -2.43. The summed E-state index contributed by atoms with van der Waals surface area (Å²) in [6.45, 7) is 3.16. The van der Waals surface area contributed by atoms with E-state index in [1.165, 1.54) is 6.92 Å². The maximum absolute atomic E-state index is 11.1. The molecule has 0 spiro atoms. The van der Waals surface area contributed by atoms with Crippen LogP contribution in [-0.4, -0.2) is 58.1 Å². The van der Waals surface area contributed by atoms with Crippen molar-refractivity contribution in [3.8, 4) is 0 Å². The van der Waals surface area contributed by atoms with Crippen LogP contribution < -0.4 is 0 Å². The normalized spacial score (nSPS) is 15.5. The van der Waals surface area contributed by atoms with Crippen molar-refractivity contribution < 1.29 is 39.2 Å². The maximum Gasteiger partial charge on any atom is 0.336 e. The van der Waals surface area contributed by atoms with Crippen molar-refractivity contribution in [2.75, 3.05) is 6.61 Å². The summed E-state index contributed by atoms with van der Waals surface area (Å²) < 4.78 is 9.44. The highest BCUT2D eigenvalue weighted by molar-refractivity contribution is 5.83. The molecule has 0 heterocycles. The van der Waals surface area contributed by atoms with Crippen molar-refractivity contribution in [1.29, 1.82) is 0 Å². The van der Waals surface area contributed by atoms with Gasteiger partial charge in [-0.15, -0.1) is 0 Å². The average molecular weight is 264 g/mol. The first kappa shape index (κ1) is 16.3. The molecule has 0 rings (SSSR count). The minimum absolute atomic E-state index is 0.172. The maximum atomic E-state index is 11.1. The van der Waals surface area contributed by atoms with E-state index in [0.717, 1.165) is 0 Å². The fourth-order valence-corrected chi connectivity index (χ4v) is 1.15. The summed E-state index contributed by atoms with van der Waals surface area (Å²) in [6.07, 6.45) is -5.26. The second-order valence-corrected chi connectivity index (χ2v) is 3.50. The Bertz CT molecular complexity index is 313. The van der Waals surface area contributed by atoms with Crippen LogP contribution in [0.2, 0.25) is 0 Å². The third-order valence-electron chi connectivity index (χ3n) is 1.92.